The number of fused-ring (bicyclic) bond motifs is 1. The molecule has 0 amide bonds. The van der Waals surface area contributed by atoms with Gasteiger partial charge < -0.3 is 37.8 Å². The fourth-order valence-electron chi connectivity index (χ4n) is 6.65. The highest BCUT2D eigenvalue weighted by Crippen LogP contribution is 2.32. The van der Waals surface area contributed by atoms with Gasteiger partial charge in [-0.15, -0.1) is 20.3 Å². The molecule has 1 N–H and O–H groups in total. The summed E-state index contributed by atoms with van der Waals surface area (Å²) in [5.74, 6) is -0.312. The lowest BCUT2D eigenvalue weighted by Crippen LogP contribution is -2.36. The van der Waals surface area contributed by atoms with E-state index in [0.29, 0.717) is 30.9 Å². The van der Waals surface area contributed by atoms with Crippen molar-refractivity contribution in [3.63, 3.8) is 0 Å². The van der Waals surface area contributed by atoms with Crippen LogP contribution in [-0.4, -0.2) is 103 Å². The van der Waals surface area contributed by atoms with E-state index in [1.165, 1.54) is 13.8 Å². The van der Waals surface area contributed by atoms with Crippen molar-refractivity contribution in [3.8, 4) is 22.5 Å². The summed E-state index contributed by atoms with van der Waals surface area (Å²) in [7, 11) is 0. The van der Waals surface area contributed by atoms with Gasteiger partial charge in [0.25, 0.3) is 5.09 Å². The number of rotatable bonds is 18. The number of aromatic nitrogens is 6. The largest absolute Gasteiger partial charge is 0.511 e. The van der Waals surface area contributed by atoms with E-state index < -0.39 is 60.0 Å². The van der Waals surface area contributed by atoms with Gasteiger partial charge in [0.15, 0.2) is 23.1 Å². The average Bonchev–Trinajstić information content (AvgIpc) is 3.98. The van der Waals surface area contributed by atoms with Crippen molar-refractivity contribution in [1.29, 1.82) is 0 Å². The summed E-state index contributed by atoms with van der Waals surface area (Å²) in [5.41, 5.74) is 3.53. The lowest BCUT2D eigenvalue weighted by atomic mass is 9.98. The van der Waals surface area contributed by atoms with Gasteiger partial charge in [-0.1, -0.05) is 73.5 Å². The van der Waals surface area contributed by atoms with Crippen LogP contribution in [0.1, 0.15) is 74.8 Å². The summed E-state index contributed by atoms with van der Waals surface area (Å²) in [6.07, 6.45) is -3.33. The predicted molar refractivity (Wildman–Crippen MR) is 197 cm³/mol. The monoisotopic (exact) mass is 811 g/mol. The van der Waals surface area contributed by atoms with Crippen LogP contribution in [0.15, 0.2) is 48.5 Å². The van der Waals surface area contributed by atoms with E-state index in [4.69, 9.17) is 40.0 Å². The molecule has 19 nitrogen and oxygen atoms in total. The Labute approximate surface area is 331 Å². The number of imidazole rings is 1. The zero-order valence-electron chi connectivity index (χ0n) is 31.4. The van der Waals surface area contributed by atoms with E-state index in [1.807, 2.05) is 55.5 Å². The molecule has 2 aromatic heterocycles. The van der Waals surface area contributed by atoms with Crippen molar-refractivity contribution in [3.05, 3.63) is 80.9 Å². The summed E-state index contributed by atoms with van der Waals surface area (Å²) in [5, 5.41) is 23.9. The first-order valence-electron chi connectivity index (χ1n) is 18.5. The molecule has 20 heteroatoms. The Kier molecular flexibility index (Phi) is 13.7. The predicted octanol–water partition coefficient (Wildman–Crippen LogP) is 5.28. The number of nitrogens with zero attached hydrogens (tertiary/aromatic N) is 6. The van der Waals surface area contributed by atoms with E-state index in [9.17, 15) is 24.5 Å². The molecule has 6 atom stereocenters. The fourth-order valence-corrected chi connectivity index (χ4v) is 6.92. The third-order valence-corrected chi connectivity index (χ3v) is 9.62. The first kappa shape index (κ1) is 41.0. The summed E-state index contributed by atoms with van der Waals surface area (Å²) in [6, 6.07) is 15.5. The molecular formula is C37H42ClN7O12. The molecule has 0 saturated carbocycles. The first-order chi connectivity index (χ1) is 27.5. The van der Waals surface area contributed by atoms with Gasteiger partial charge in [-0.2, -0.15) is 5.21 Å². The van der Waals surface area contributed by atoms with Crippen molar-refractivity contribution in [1.82, 2.24) is 30.2 Å². The second-order valence-corrected chi connectivity index (χ2v) is 13.8. The molecular weight excluding hydrogens is 770 g/mol. The van der Waals surface area contributed by atoms with Crippen LogP contribution < -0.4 is 0 Å². The first-order valence-corrected chi connectivity index (χ1v) is 18.9. The van der Waals surface area contributed by atoms with Crippen LogP contribution in [0.2, 0.25) is 5.15 Å². The van der Waals surface area contributed by atoms with Crippen LogP contribution >= 0.6 is 11.6 Å². The Morgan fingerprint density at radius 2 is 1.70 bits per heavy atom. The number of carbonyl (C=O) groups is 3. The number of unbranched alkanes of at least 4 members (excludes halogenated alkanes) is 1. The fraction of sp³-hybridized carbons (Fsp3) is 0.486. The van der Waals surface area contributed by atoms with Crippen LogP contribution in [0, 0.1) is 10.1 Å². The number of hydrogen-bond acceptors (Lipinski definition) is 16. The molecule has 4 aromatic rings. The van der Waals surface area contributed by atoms with E-state index in [-0.39, 0.29) is 37.0 Å². The van der Waals surface area contributed by atoms with Crippen molar-refractivity contribution in [2.45, 2.75) is 103 Å². The van der Waals surface area contributed by atoms with Gasteiger partial charge in [0.2, 0.25) is 12.1 Å². The molecule has 0 bridgehead atoms. The number of benzene rings is 2. The van der Waals surface area contributed by atoms with Crippen molar-refractivity contribution in [2.24, 2.45) is 0 Å². The minimum absolute atomic E-state index is 0.00417. The highest BCUT2D eigenvalue weighted by Gasteiger charge is 2.51. The van der Waals surface area contributed by atoms with E-state index in [0.717, 1.165) is 35.1 Å². The van der Waals surface area contributed by atoms with Crippen molar-refractivity contribution in [2.75, 3.05) is 13.2 Å². The topological polar surface area (TPSA) is 231 Å². The van der Waals surface area contributed by atoms with Gasteiger partial charge in [0.05, 0.1) is 13.2 Å². The summed E-state index contributed by atoms with van der Waals surface area (Å²) in [6.45, 7) is 5.15. The maximum atomic E-state index is 13.6. The normalized spacial score (nSPS) is 19.6. The number of halogens is 1. The standard InChI is InChI=1S/C37H42ClN7O12/c1-4-5-12-29-39-34(38)31(44(29)18-23-14-16-24(17-15-23)25-10-6-7-11-26(25)35-40-42-43-41-35)36(47)53-22(3)54-37(48)56-28-20-52-32-27(19-51-33(28)32)55-30(46)13-8-9-21(2)57-45(49)50/h6-7,10-11,14-17,21-22,27-28,32-33H,4-5,8-9,12-13,18-20H2,1-3H3,(H,40,41,42,43)/t21-,22?,27-,28+,32?,33?/m1/s1. The zero-order chi connectivity index (χ0) is 40.5. The number of ether oxygens (including phenoxy) is 6. The van der Waals surface area contributed by atoms with Gasteiger partial charge in [0, 0.05) is 31.9 Å². The molecule has 2 aliphatic heterocycles. The molecule has 2 saturated heterocycles. The summed E-state index contributed by atoms with van der Waals surface area (Å²) >= 11 is 6.54. The van der Waals surface area contributed by atoms with E-state index >= 15 is 0 Å². The molecule has 0 spiro atoms. The van der Waals surface area contributed by atoms with Gasteiger partial charge in [0.1, 0.15) is 24.1 Å². The van der Waals surface area contributed by atoms with Gasteiger partial charge in [-0.25, -0.2) is 14.6 Å². The van der Waals surface area contributed by atoms with E-state index in [2.05, 4.69) is 30.4 Å². The second-order valence-electron chi connectivity index (χ2n) is 13.5. The Morgan fingerprint density at radius 3 is 2.37 bits per heavy atom. The molecule has 0 aliphatic carbocycles. The van der Waals surface area contributed by atoms with Gasteiger partial charge in [-0.05, 0) is 48.1 Å². The minimum atomic E-state index is -1.38. The van der Waals surface area contributed by atoms with Gasteiger partial charge >= 0.3 is 18.1 Å². The third-order valence-electron chi connectivity index (χ3n) is 9.36. The molecule has 2 fully saturated rings. The van der Waals surface area contributed by atoms with Crippen molar-refractivity contribution < 1.29 is 52.7 Å². The number of aromatic amines is 1. The number of H-pyrrole nitrogens is 1. The highest BCUT2D eigenvalue weighted by atomic mass is 35.5. The molecule has 2 aromatic carbocycles. The lowest BCUT2D eigenvalue weighted by Gasteiger charge is -2.19. The van der Waals surface area contributed by atoms with Crippen molar-refractivity contribution >= 4 is 29.7 Å². The quantitative estimate of drug-likeness (QED) is 0.0443. The van der Waals surface area contributed by atoms with Crippen LogP contribution in [0.5, 0.6) is 0 Å². The Morgan fingerprint density at radius 1 is 1.00 bits per heavy atom. The Bertz CT molecular complexity index is 2010. The number of aryl methyl sites for hydroxylation is 1. The van der Waals surface area contributed by atoms with Gasteiger partial charge in [-0.3, -0.25) is 4.79 Å². The zero-order valence-corrected chi connectivity index (χ0v) is 32.2. The highest BCUT2D eigenvalue weighted by molar-refractivity contribution is 6.32. The third kappa shape index (κ3) is 10.4. The molecule has 57 heavy (non-hydrogen) atoms. The second kappa shape index (κ2) is 19.0. The number of carbonyl (C=O) groups excluding carboxylic acids is 3. The molecule has 2 aliphatic rings. The van der Waals surface area contributed by atoms with Crippen LogP contribution in [0.25, 0.3) is 22.5 Å². The Hall–Kier alpha value is -5.66. The summed E-state index contributed by atoms with van der Waals surface area (Å²) < 4.78 is 34.8. The molecule has 3 unspecified atom stereocenters. The number of tetrazole rings is 1. The maximum absolute atomic E-state index is 13.6. The minimum Gasteiger partial charge on any atom is -0.457 e. The van der Waals surface area contributed by atoms with Crippen LogP contribution in [0.4, 0.5) is 4.79 Å². The maximum Gasteiger partial charge on any atom is 0.511 e. The van der Waals surface area contributed by atoms with Crippen LogP contribution in [0.3, 0.4) is 0 Å². The average molecular weight is 812 g/mol. The number of nitrogens with one attached hydrogen (secondary N) is 1. The van der Waals surface area contributed by atoms with Crippen LogP contribution in [-0.2, 0) is 51.0 Å². The molecule has 4 heterocycles. The molecule has 304 valence electrons. The smallest absolute Gasteiger partial charge is 0.457 e. The van der Waals surface area contributed by atoms with E-state index in [1.54, 1.807) is 4.57 Å². The Balaban J connectivity index is 1.03. The number of hydrogen-bond donors (Lipinski definition) is 1. The SMILES string of the molecule is CCCCc1nc(Cl)c(C(=O)OC(C)OC(=O)O[C@H]2COC3C2OC[C@H]3OC(=O)CCC[C@@H](C)O[N+](=O)[O-])n1Cc1ccc(-c2ccccc2-c2nn[nH]n2)cc1. The molecule has 6 rings (SSSR count). The lowest BCUT2D eigenvalue weighted by molar-refractivity contribution is -0.767. The molecule has 0 radical (unpaired) electrons. The number of esters is 2. The summed E-state index contributed by atoms with van der Waals surface area (Å²) in [4.78, 5) is 58.1.